The van der Waals surface area contributed by atoms with E-state index in [9.17, 15) is 0 Å². The van der Waals surface area contributed by atoms with Crippen molar-refractivity contribution < 1.29 is 0 Å². The van der Waals surface area contributed by atoms with E-state index < -0.39 is 0 Å². The third kappa shape index (κ3) is 1.94. The van der Waals surface area contributed by atoms with E-state index in [-0.39, 0.29) is 5.54 Å². The van der Waals surface area contributed by atoms with Crippen molar-refractivity contribution in [3.05, 3.63) is 72.4 Å². The number of fused-ring (bicyclic) bond motifs is 1. The molecule has 98 valence electrons. The van der Waals surface area contributed by atoms with Crippen LogP contribution in [0.15, 0.2) is 66.9 Å². The van der Waals surface area contributed by atoms with Crippen LogP contribution in [-0.4, -0.2) is 4.98 Å². The summed E-state index contributed by atoms with van der Waals surface area (Å²) < 4.78 is 0. The van der Waals surface area contributed by atoms with Crippen LogP contribution in [-0.2, 0) is 5.54 Å². The lowest BCUT2D eigenvalue weighted by molar-refractivity contribution is 0.809. The molecule has 20 heavy (non-hydrogen) atoms. The van der Waals surface area contributed by atoms with Gasteiger partial charge in [0.1, 0.15) is 0 Å². The molecule has 1 heterocycles. The molecule has 0 amide bonds. The molecule has 4 rings (SSSR count). The third-order valence-corrected chi connectivity index (χ3v) is 4.06. The van der Waals surface area contributed by atoms with Crippen LogP contribution < -0.4 is 5.32 Å². The minimum absolute atomic E-state index is 0.136. The van der Waals surface area contributed by atoms with E-state index in [0.717, 1.165) is 5.52 Å². The molecule has 2 aromatic carbocycles. The fourth-order valence-corrected chi connectivity index (χ4v) is 2.80. The van der Waals surface area contributed by atoms with Crippen molar-refractivity contribution in [2.75, 3.05) is 5.32 Å². The number of rotatable bonds is 3. The van der Waals surface area contributed by atoms with Crippen LogP contribution in [0.2, 0.25) is 0 Å². The molecule has 0 unspecified atom stereocenters. The van der Waals surface area contributed by atoms with Gasteiger partial charge in [-0.15, -0.1) is 0 Å². The van der Waals surface area contributed by atoms with Gasteiger partial charge in [-0.2, -0.15) is 0 Å². The molecule has 1 fully saturated rings. The Kier molecular flexibility index (Phi) is 2.49. The molecule has 1 aromatic heterocycles. The second-order valence-corrected chi connectivity index (χ2v) is 5.48. The fourth-order valence-electron chi connectivity index (χ4n) is 2.80. The number of aromatic nitrogens is 1. The third-order valence-electron chi connectivity index (χ3n) is 4.06. The summed E-state index contributed by atoms with van der Waals surface area (Å²) >= 11 is 0. The van der Waals surface area contributed by atoms with E-state index in [4.69, 9.17) is 0 Å². The maximum absolute atomic E-state index is 4.36. The molecular weight excluding hydrogens is 244 g/mol. The largest absolute Gasteiger partial charge is 0.376 e. The van der Waals surface area contributed by atoms with E-state index in [1.54, 1.807) is 0 Å². The van der Waals surface area contributed by atoms with E-state index in [1.807, 2.05) is 12.3 Å². The van der Waals surface area contributed by atoms with Crippen molar-refractivity contribution in [2.45, 2.75) is 18.4 Å². The smallest absolute Gasteiger partial charge is 0.0703 e. The van der Waals surface area contributed by atoms with Crippen molar-refractivity contribution in [3.63, 3.8) is 0 Å². The minimum atomic E-state index is 0.136. The molecule has 0 spiro atoms. The van der Waals surface area contributed by atoms with Crippen molar-refractivity contribution in [2.24, 2.45) is 0 Å². The summed E-state index contributed by atoms with van der Waals surface area (Å²) in [5.41, 5.74) is 3.73. The molecule has 0 radical (unpaired) electrons. The Hall–Kier alpha value is -2.35. The Morgan fingerprint density at radius 3 is 2.55 bits per heavy atom. The Labute approximate surface area is 118 Å². The first-order chi connectivity index (χ1) is 9.86. The van der Waals surface area contributed by atoms with Crippen LogP contribution in [0.5, 0.6) is 0 Å². The van der Waals surface area contributed by atoms with Gasteiger partial charge < -0.3 is 5.32 Å². The van der Waals surface area contributed by atoms with Gasteiger partial charge in [0, 0.05) is 17.3 Å². The maximum atomic E-state index is 4.36. The number of nitrogens with one attached hydrogen (secondary N) is 1. The molecule has 1 aliphatic rings. The molecule has 1 N–H and O–H groups in total. The summed E-state index contributed by atoms with van der Waals surface area (Å²) in [6.45, 7) is 0. The van der Waals surface area contributed by atoms with Crippen molar-refractivity contribution in [1.29, 1.82) is 0 Å². The highest BCUT2D eigenvalue weighted by Crippen LogP contribution is 2.48. The second-order valence-electron chi connectivity index (χ2n) is 5.48. The highest BCUT2D eigenvalue weighted by molar-refractivity contribution is 5.82. The van der Waals surface area contributed by atoms with Gasteiger partial charge in [-0.3, -0.25) is 4.98 Å². The SMILES string of the molecule is c1ccc(C2(Nc3ccc4ncccc4c3)CC2)cc1. The number of hydrogen-bond acceptors (Lipinski definition) is 2. The second kappa shape index (κ2) is 4.34. The van der Waals surface area contributed by atoms with Gasteiger partial charge >= 0.3 is 0 Å². The normalized spacial score (nSPS) is 16.0. The average molecular weight is 260 g/mol. The number of pyridine rings is 1. The first kappa shape index (κ1) is 11.5. The molecule has 2 nitrogen and oxygen atoms in total. The zero-order chi connectivity index (χ0) is 13.4. The maximum Gasteiger partial charge on any atom is 0.0703 e. The molecule has 0 saturated heterocycles. The highest BCUT2D eigenvalue weighted by atomic mass is 15.0. The minimum Gasteiger partial charge on any atom is -0.376 e. The lowest BCUT2D eigenvalue weighted by atomic mass is 10.0. The van der Waals surface area contributed by atoms with Gasteiger partial charge in [0.15, 0.2) is 0 Å². The molecular formula is C18H16N2. The zero-order valence-electron chi connectivity index (χ0n) is 11.2. The number of nitrogens with zero attached hydrogens (tertiary/aromatic N) is 1. The van der Waals surface area contributed by atoms with Crippen molar-refractivity contribution in [3.8, 4) is 0 Å². The summed E-state index contributed by atoms with van der Waals surface area (Å²) in [6.07, 6.45) is 4.23. The molecule has 0 bridgehead atoms. The van der Waals surface area contributed by atoms with Crippen molar-refractivity contribution >= 4 is 16.6 Å². The Morgan fingerprint density at radius 2 is 1.75 bits per heavy atom. The predicted molar refractivity (Wildman–Crippen MR) is 82.7 cm³/mol. The topological polar surface area (TPSA) is 24.9 Å². The molecule has 0 atom stereocenters. The first-order valence-electron chi connectivity index (χ1n) is 7.04. The fraction of sp³-hybridized carbons (Fsp3) is 0.167. The van der Waals surface area contributed by atoms with Gasteiger partial charge in [0.25, 0.3) is 0 Å². The number of hydrogen-bond donors (Lipinski definition) is 1. The van der Waals surface area contributed by atoms with Gasteiger partial charge in [-0.25, -0.2) is 0 Å². The Morgan fingerprint density at radius 1 is 0.900 bits per heavy atom. The van der Waals surface area contributed by atoms with E-state index in [0.29, 0.717) is 0 Å². The summed E-state index contributed by atoms with van der Waals surface area (Å²) in [4.78, 5) is 4.36. The zero-order valence-corrected chi connectivity index (χ0v) is 11.2. The van der Waals surface area contributed by atoms with Gasteiger partial charge in [-0.05, 0) is 42.7 Å². The van der Waals surface area contributed by atoms with E-state index in [2.05, 4.69) is 64.9 Å². The molecule has 0 aliphatic heterocycles. The monoisotopic (exact) mass is 260 g/mol. The lowest BCUT2D eigenvalue weighted by Crippen LogP contribution is -2.18. The van der Waals surface area contributed by atoms with Gasteiger partial charge in [0.05, 0.1) is 11.1 Å². The quantitative estimate of drug-likeness (QED) is 0.758. The predicted octanol–water partition coefficient (Wildman–Crippen LogP) is 4.34. The van der Waals surface area contributed by atoms with Crippen LogP contribution in [0, 0.1) is 0 Å². The van der Waals surface area contributed by atoms with Crippen molar-refractivity contribution in [1.82, 2.24) is 4.98 Å². The first-order valence-corrected chi connectivity index (χ1v) is 7.04. The van der Waals surface area contributed by atoms with E-state index >= 15 is 0 Å². The van der Waals surface area contributed by atoms with Crippen LogP contribution in [0.1, 0.15) is 18.4 Å². The number of benzene rings is 2. The summed E-state index contributed by atoms with van der Waals surface area (Å²) in [5, 5.41) is 4.89. The number of anilines is 1. The van der Waals surface area contributed by atoms with E-state index in [1.165, 1.54) is 29.5 Å². The molecule has 1 aliphatic carbocycles. The van der Waals surface area contributed by atoms with Crippen LogP contribution in [0.3, 0.4) is 0 Å². The van der Waals surface area contributed by atoms with Crippen LogP contribution in [0.25, 0.3) is 10.9 Å². The van der Waals surface area contributed by atoms with Gasteiger partial charge in [-0.1, -0.05) is 36.4 Å². The standard InChI is InChI=1S/C18H16N2/c1-2-6-15(7-3-1)18(10-11-18)20-16-8-9-17-14(13-16)5-4-12-19-17/h1-9,12-13,20H,10-11H2. The molecule has 1 saturated carbocycles. The Bertz CT molecular complexity index is 745. The Balaban J connectivity index is 1.68. The average Bonchev–Trinajstić information content (AvgIpc) is 3.29. The molecule has 2 heteroatoms. The molecule has 3 aromatic rings. The lowest BCUT2D eigenvalue weighted by Gasteiger charge is -2.19. The van der Waals surface area contributed by atoms with Crippen LogP contribution >= 0.6 is 0 Å². The summed E-state index contributed by atoms with van der Waals surface area (Å²) in [5.74, 6) is 0. The van der Waals surface area contributed by atoms with Crippen LogP contribution in [0.4, 0.5) is 5.69 Å². The van der Waals surface area contributed by atoms with Gasteiger partial charge in [0.2, 0.25) is 0 Å². The summed E-state index contributed by atoms with van der Waals surface area (Å²) in [7, 11) is 0. The highest BCUT2D eigenvalue weighted by Gasteiger charge is 2.44. The summed E-state index contributed by atoms with van der Waals surface area (Å²) in [6, 6.07) is 21.2.